The highest BCUT2D eigenvalue weighted by Crippen LogP contribution is 2.32. The number of ether oxygens (including phenoxy) is 1. The Labute approximate surface area is 239 Å². The third-order valence-electron chi connectivity index (χ3n) is 8.58. The van der Waals surface area contributed by atoms with E-state index in [4.69, 9.17) is 4.74 Å². The third kappa shape index (κ3) is 9.33. The summed E-state index contributed by atoms with van der Waals surface area (Å²) in [4.78, 5) is 39.7. The molecule has 2 saturated carbocycles. The molecule has 2 fully saturated rings. The van der Waals surface area contributed by atoms with E-state index in [1.54, 1.807) is 6.08 Å². The average molecular weight is 553 g/mol. The minimum atomic E-state index is -0.626. The molecule has 1 aromatic carbocycles. The van der Waals surface area contributed by atoms with E-state index >= 15 is 0 Å². The predicted octanol–water partition coefficient (Wildman–Crippen LogP) is 5.18. The lowest BCUT2D eigenvalue weighted by Gasteiger charge is -2.33. The van der Waals surface area contributed by atoms with Crippen LogP contribution in [0, 0.1) is 11.8 Å². The number of nitrogens with one attached hydrogen (secondary N) is 2. The van der Waals surface area contributed by atoms with E-state index in [1.165, 1.54) is 0 Å². The standard InChI is InChI=1S/C33H48N2O5/c1-3-5-7-17-28(22-26-15-8-6-9-16-26)31(39)40-25-33(20-12-13-21-33)35-30(38)27(14-4-2)23-29(37)34-32(24-36)18-10-11-19-32/h3-4,6,8-9,15-16,27-28,36H,1-2,5,7,10-14,17-25H2,(H,34,37)(H,35,38)/t27-,28+/m0/s1. The number of unbranched alkanes of at least 4 members (excludes halogenated alkanes) is 1. The monoisotopic (exact) mass is 552 g/mol. The number of hydrogen-bond acceptors (Lipinski definition) is 5. The summed E-state index contributed by atoms with van der Waals surface area (Å²) in [5, 5.41) is 16.1. The normalized spacial score (nSPS) is 18.8. The SMILES string of the molecule is C=CCCC[C@H](Cc1ccccc1)C(=O)OCC1(NC(=O)[C@@H](CC=C)CC(=O)NC2(CO)CCCC2)CCCC1. The quantitative estimate of drug-likeness (QED) is 0.140. The molecule has 0 aromatic heterocycles. The molecule has 0 saturated heterocycles. The molecule has 0 bridgehead atoms. The van der Waals surface area contributed by atoms with Gasteiger partial charge in [0.15, 0.2) is 0 Å². The lowest BCUT2D eigenvalue weighted by Crippen LogP contribution is -2.53. The Morgan fingerprint density at radius 3 is 2.17 bits per heavy atom. The molecule has 2 aliphatic rings. The number of carbonyl (C=O) groups is 3. The summed E-state index contributed by atoms with van der Waals surface area (Å²) >= 11 is 0. The second-order valence-corrected chi connectivity index (χ2v) is 11.8. The van der Waals surface area contributed by atoms with Crippen molar-refractivity contribution >= 4 is 17.8 Å². The summed E-state index contributed by atoms with van der Waals surface area (Å²) in [6, 6.07) is 9.96. The van der Waals surface area contributed by atoms with E-state index in [1.807, 2.05) is 36.4 Å². The molecule has 0 radical (unpaired) electrons. The van der Waals surface area contributed by atoms with Crippen molar-refractivity contribution in [1.29, 1.82) is 0 Å². The van der Waals surface area contributed by atoms with Gasteiger partial charge < -0.3 is 20.5 Å². The molecule has 3 rings (SSSR count). The Morgan fingerprint density at radius 2 is 1.57 bits per heavy atom. The van der Waals surface area contributed by atoms with Crippen LogP contribution in [0.1, 0.15) is 89.0 Å². The predicted molar refractivity (Wildman–Crippen MR) is 157 cm³/mol. The van der Waals surface area contributed by atoms with Crippen LogP contribution in [0.5, 0.6) is 0 Å². The summed E-state index contributed by atoms with van der Waals surface area (Å²) in [5.74, 6) is -1.52. The number of allylic oxidation sites excluding steroid dienone is 2. The van der Waals surface area contributed by atoms with Crippen molar-refractivity contribution < 1.29 is 24.2 Å². The van der Waals surface area contributed by atoms with Gasteiger partial charge in [0, 0.05) is 6.42 Å². The summed E-state index contributed by atoms with van der Waals surface area (Å²) in [6.45, 7) is 7.62. The van der Waals surface area contributed by atoms with Gasteiger partial charge in [-0.2, -0.15) is 0 Å². The first-order valence-electron chi connectivity index (χ1n) is 15.0. The van der Waals surface area contributed by atoms with Gasteiger partial charge in [0.2, 0.25) is 11.8 Å². The summed E-state index contributed by atoms with van der Waals surface area (Å²) in [7, 11) is 0. The van der Waals surface area contributed by atoms with Gasteiger partial charge in [-0.15, -0.1) is 13.2 Å². The van der Waals surface area contributed by atoms with Crippen LogP contribution in [0.15, 0.2) is 55.6 Å². The van der Waals surface area contributed by atoms with E-state index in [2.05, 4.69) is 23.8 Å². The van der Waals surface area contributed by atoms with Crippen molar-refractivity contribution in [2.24, 2.45) is 11.8 Å². The van der Waals surface area contributed by atoms with Crippen LogP contribution in [0.3, 0.4) is 0 Å². The van der Waals surface area contributed by atoms with Gasteiger partial charge in [0.1, 0.15) is 6.61 Å². The maximum Gasteiger partial charge on any atom is 0.309 e. The summed E-state index contributed by atoms with van der Waals surface area (Å²) < 4.78 is 5.93. The Hall–Kier alpha value is -2.93. The van der Waals surface area contributed by atoms with E-state index < -0.39 is 17.0 Å². The van der Waals surface area contributed by atoms with Crippen LogP contribution in [-0.2, 0) is 25.5 Å². The molecule has 7 nitrogen and oxygen atoms in total. The molecule has 0 spiro atoms. The smallest absolute Gasteiger partial charge is 0.309 e. The van der Waals surface area contributed by atoms with Crippen LogP contribution in [0.2, 0.25) is 0 Å². The van der Waals surface area contributed by atoms with Crippen LogP contribution in [0.25, 0.3) is 0 Å². The first-order valence-corrected chi connectivity index (χ1v) is 15.0. The van der Waals surface area contributed by atoms with Gasteiger partial charge in [-0.05, 0) is 63.4 Å². The number of esters is 1. The first kappa shape index (κ1) is 31.6. The van der Waals surface area contributed by atoms with Crippen LogP contribution in [-0.4, -0.2) is 47.2 Å². The molecule has 2 aliphatic carbocycles. The number of amides is 2. The Morgan fingerprint density at radius 1 is 0.925 bits per heavy atom. The summed E-state index contributed by atoms with van der Waals surface area (Å²) in [6.07, 6.45) is 13.7. The fraction of sp³-hybridized carbons (Fsp3) is 0.606. The molecule has 40 heavy (non-hydrogen) atoms. The largest absolute Gasteiger partial charge is 0.463 e. The fourth-order valence-corrected chi connectivity index (χ4v) is 6.19. The van der Waals surface area contributed by atoms with Crippen LogP contribution < -0.4 is 10.6 Å². The van der Waals surface area contributed by atoms with Gasteiger partial charge in [-0.25, -0.2) is 0 Å². The highest BCUT2D eigenvalue weighted by atomic mass is 16.5. The van der Waals surface area contributed by atoms with Crippen LogP contribution >= 0.6 is 0 Å². The second-order valence-electron chi connectivity index (χ2n) is 11.8. The van der Waals surface area contributed by atoms with Crippen molar-refractivity contribution in [1.82, 2.24) is 10.6 Å². The molecule has 2 atom stereocenters. The topological polar surface area (TPSA) is 105 Å². The Balaban J connectivity index is 1.62. The first-order chi connectivity index (χ1) is 19.3. The van der Waals surface area contributed by atoms with Crippen molar-refractivity contribution in [3.63, 3.8) is 0 Å². The minimum absolute atomic E-state index is 0.0257. The van der Waals surface area contributed by atoms with E-state index in [-0.39, 0.29) is 43.3 Å². The highest BCUT2D eigenvalue weighted by molar-refractivity contribution is 5.86. The van der Waals surface area contributed by atoms with Crippen molar-refractivity contribution in [3.8, 4) is 0 Å². The molecule has 7 heteroatoms. The number of aliphatic hydroxyl groups excluding tert-OH is 1. The second kappa shape index (κ2) is 15.8. The van der Waals surface area contributed by atoms with Gasteiger partial charge in [-0.1, -0.05) is 68.2 Å². The number of hydrogen-bond donors (Lipinski definition) is 3. The van der Waals surface area contributed by atoms with E-state index in [0.717, 1.165) is 69.8 Å². The van der Waals surface area contributed by atoms with E-state index in [0.29, 0.717) is 19.3 Å². The Kier molecular flexibility index (Phi) is 12.4. The zero-order chi connectivity index (χ0) is 28.8. The zero-order valence-corrected chi connectivity index (χ0v) is 24.0. The number of rotatable bonds is 17. The highest BCUT2D eigenvalue weighted by Gasteiger charge is 2.40. The van der Waals surface area contributed by atoms with Gasteiger partial charge in [0.25, 0.3) is 0 Å². The number of benzene rings is 1. The van der Waals surface area contributed by atoms with Crippen LogP contribution in [0.4, 0.5) is 0 Å². The fourth-order valence-electron chi connectivity index (χ4n) is 6.19. The zero-order valence-electron chi connectivity index (χ0n) is 24.0. The molecule has 3 N–H and O–H groups in total. The molecule has 220 valence electrons. The maximum absolute atomic E-state index is 13.5. The molecule has 1 aromatic rings. The number of carbonyl (C=O) groups excluding carboxylic acids is 3. The minimum Gasteiger partial charge on any atom is -0.463 e. The third-order valence-corrected chi connectivity index (χ3v) is 8.58. The molecule has 0 unspecified atom stereocenters. The van der Waals surface area contributed by atoms with Crippen molar-refractivity contribution in [2.75, 3.05) is 13.2 Å². The molecular weight excluding hydrogens is 504 g/mol. The average Bonchev–Trinajstić information content (AvgIpc) is 3.62. The lowest BCUT2D eigenvalue weighted by atomic mass is 9.92. The van der Waals surface area contributed by atoms with Crippen molar-refractivity contribution in [3.05, 3.63) is 61.2 Å². The Bertz CT molecular complexity index is 980. The van der Waals surface area contributed by atoms with Gasteiger partial charge in [0.05, 0.1) is 29.5 Å². The molecule has 0 heterocycles. The van der Waals surface area contributed by atoms with Gasteiger partial charge >= 0.3 is 5.97 Å². The summed E-state index contributed by atoms with van der Waals surface area (Å²) in [5.41, 5.74) is -0.105. The number of aliphatic hydroxyl groups is 1. The molecule has 2 amide bonds. The lowest BCUT2D eigenvalue weighted by molar-refractivity contribution is -0.152. The molecular formula is C33H48N2O5. The molecule has 0 aliphatic heterocycles. The van der Waals surface area contributed by atoms with Crippen molar-refractivity contribution in [2.45, 2.75) is 101 Å². The maximum atomic E-state index is 13.5. The van der Waals surface area contributed by atoms with E-state index in [9.17, 15) is 19.5 Å². The van der Waals surface area contributed by atoms with Gasteiger partial charge in [-0.3, -0.25) is 14.4 Å².